The van der Waals surface area contributed by atoms with Gasteiger partial charge in [0.1, 0.15) is 23.1 Å². The highest BCUT2D eigenvalue weighted by atomic mass is 35.5. The van der Waals surface area contributed by atoms with Crippen molar-refractivity contribution in [1.29, 1.82) is 0 Å². The summed E-state index contributed by atoms with van der Waals surface area (Å²) in [6.45, 7) is 3.32. The number of alkyl carbamates (subject to hydrolysis) is 1. The molecule has 2 aromatic rings. The number of halogens is 1. The van der Waals surface area contributed by atoms with Crippen molar-refractivity contribution in [3.05, 3.63) is 70.1 Å². The fourth-order valence-corrected chi connectivity index (χ4v) is 5.73. The number of carboxylic acid groups (broad SMARTS) is 2. The van der Waals surface area contributed by atoms with E-state index in [1.165, 1.54) is 0 Å². The lowest BCUT2D eigenvalue weighted by molar-refractivity contribution is -0.139. The zero-order valence-electron chi connectivity index (χ0n) is 26.1. The van der Waals surface area contributed by atoms with Crippen LogP contribution in [0.4, 0.5) is 4.79 Å². The highest BCUT2D eigenvalue weighted by molar-refractivity contribution is 7.96. The maximum Gasteiger partial charge on any atom is 0.407 e. The van der Waals surface area contributed by atoms with Crippen molar-refractivity contribution in [2.75, 3.05) is 12.9 Å². The molecule has 0 radical (unpaired) electrons. The van der Waals surface area contributed by atoms with E-state index >= 15 is 0 Å². The summed E-state index contributed by atoms with van der Waals surface area (Å²) in [4.78, 5) is 62.5. The Morgan fingerprint density at radius 1 is 0.915 bits per heavy atom. The highest BCUT2D eigenvalue weighted by Gasteiger charge is 2.33. The zero-order chi connectivity index (χ0) is 34.9. The summed E-state index contributed by atoms with van der Waals surface area (Å²) in [5.74, 6) is -5.07. The summed E-state index contributed by atoms with van der Waals surface area (Å²) in [6, 6.07) is 11.4. The molecule has 254 valence electrons. The Balaban J connectivity index is 1.75. The van der Waals surface area contributed by atoms with Gasteiger partial charge in [-0.1, -0.05) is 80.4 Å². The van der Waals surface area contributed by atoms with E-state index in [0.717, 1.165) is 34.6 Å². The monoisotopic (exact) mass is 691 g/mol. The van der Waals surface area contributed by atoms with Crippen molar-refractivity contribution >= 4 is 51.3 Å². The molecular weight excluding hydrogens is 654 g/mol. The van der Waals surface area contributed by atoms with Crippen LogP contribution in [-0.4, -0.2) is 79.5 Å². The number of carboxylic acids is 2. The van der Waals surface area contributed by atoms with Gasteiger partial charge in [-0.05, 0) is 40.7 Å². The van der Waals surface area contributed by atoms with E-state index < -0.39 is 80.9 Å². The number of amides is 3. The third-order valence-electron chi connectivity index (χ3n) is 7.80. The van der Waals surface area contributed by atoms with Crippen molar-refractivity contribution in [3.63, 3.8) is 0 Å². The van der Waals surface area contributed by atoms with Crippen LogP contribution in [0.25, 0.3) is 11.1 Å². The first kappa shape index (κ1) is 37.0. The number of hydrogen-bond acceptors (Lipinski definition) is 8. The number of sulfone groups is 1. The van der Waals surface area contributed by atoms with Gasteiger partial charge >= 0.3 is 18.0 Å². The molecule has 1 aliphatic rings. The zero-order valence-corrected chi connectivity index (χ0v) is 27.6. The van der Waals surface area contributed by atoms with Gasteiger partial charge in [0, 0.05) is 18.6 Å². The molecule has 15 heteroatoms. The number of rotatable bonds is 16. The molecule has 13 nitrogen and oxygen atoms in total. The molecule has 0 fully saturated rings. The molecular formula is C32H38ClN3O10S. The average Bonchev–Trinajstić information content (AvgIpc) is 3.32. The molecule has 3 amide bonds. The van der Waals surface area contributed by atoms with Crippen LogP contribution in [0.2, 0.25) is 0 Å². The molecule has 0 spiro atoms. The van der Waals surface area contributed by atoms with Crippen LogP contribution in [0, 0.1) is 5.92 Å². The Kier molecular flexibility index (Phi) is 12.9. The lowest BCUT2D eigenvalue weighted by Crippen LogP contribution is -2.57. The Bertz CT molecular complexity index is 1600. The number of hydrogen-bond donors (Lipinski definition) is 5. The standard InChI is InChI=1S/C32H38ClN3O10S/c1-4-18(2)29(31(42)34-19(16-28(39)40)15-26(33)47(3,44)45)36-30(41)25(13-14-27(37)38)35-32(43)46-17-24-22-11-7-5-9-20(22)21-10-6-8-12-23(21)24/h5-12,15,18-19,24-25,29H,4,13-14,16-17H2,1-3H3,(H,34,42)(H,35,43)(H,36,41)(H,37,38)(H,39,40)/b26-15+/t18?,19-,25+,29?/m1/s1. The first-order chi connectivity index (χ1) is 22.1. The normalized spacial score (nSPS) is 15.3. The summed E-state index contributed by atoms with van der Waals surface area (Å²) in [5.41, 5.74) is 3.98. The smallest absolute Gasteiger partial charge is 0.407 e. The van der Waals surface area contributed by atoms with E-state index in [1.807, 2.05) is 48.5 Å². The van der Waals surface area contributed by atoms with Crippen LogP contribution in [0.5, 0.6) is 0 Å². The van der Waals surface area contributed by atoms with Crippen molar-refractivity contribution in [3.8, 4) is 11.1 Å². The minimum Gasteiger partial charge on any atom is -0.481 e. The average molecular weight is 692 g/mol. The molecule has 0 aromatic heterocycles. The number of ether oxygens (including phenoxy) is 1. The van der Waals surface area contributed by atoms with Gasteiger partial charge in [-0.3, -0.25) is 19.2 Å². The summed E-state index contributed by atoms with van der Waals surface area (Å²) in [5, 5.41) is 25.9. The summed E-state index contributed by atoms with van der Waals surface area (Å²) in [6.07, 6.45) is -0.415. The molecule has 5 N–H and O–H groups in total. The largest absolute Gasteiger partial charge is 0.481 e. The number of nitrogens with one attached hydrogen (secondary N) is 3. The van der Waals surface area contributed by atoms with Gasteiger partial charge in [0.15, 0.2) is 9.84 Å². The van der Waals surface area contributed by atoms with Crippen LogP contribution in [0.1, 0.15) is 56.6 Å². The molecule has 0 saturated heterocycles. The van der Waals surface area contributed by atoms with Gasteiger partial charge in [0.05, 0.1) is 12.5 Å². The van der Waals surface area contributed by atoms with Gasteiger partial charge in [-0.15, -0.1) is 0 Å². The van der Waals surface area contributed by atoms with Crippen LogP contribution < -0.4 is 16.0 Å². The van der Waals surface area contributed by atoms with Crippen molar-refractivity contribution in [2.24, 2.45) is 5.92 Å². The van der Waals surface area contributed by atoms with Gasteiger partial charge < -0.3 is 30.9 Å². The van der Waals surface area contributed by atoms with Gasteiger partial charge in [0.25, 0.3) is 0 Å². The fourth-order valence-electron chi connectivity index (χ4n) is 5.17. The summed E-state index contributed by atoms with van der Waals surface area (Å²) >= 11 is 5.80. The third-order valence-corrected chi connectivity index (χ3v) is 9.61. The number of fused-ring (bicyclic) bond motifs is 3. The predicted octanol–water partition coefficient (Wildman–Crippen LogP) is 3.37. The number of benzene rings is 2. The minimum absolute atomic E-state index is 0.0560. The quantitative estimate of drug-likeness (QED) is 0.174. The molecule has 0 saturated carbocycles. The van der Waals surface area contributed by atoms with Crippen LogP contribution in [0.3, 0.4) is 0 Å². The molecule has 47 heavy (non-hydrogen) atoms. The fraction of sp³-hybridized carbons (Fsp3) is 0.406. The van der Waals surface area contributed by atoms with E-state index in [1.54, 1.807) is 13.8 Å². The lowest BCUT2D eigenvalue weighted by Gasteiger charge is -2.27. The maximum absolute atomic E-state index is 13.4. The molecule has 3 rings (SSSR count). The highest BCUT2D eigenvalue weighted by Crippen LogP contribution is 2.44. The van der Waals surface area contributed by atoms with E-state index in [0.29, 0.717) is 6.42 Å². The van der Waals surface area contributed by atoms with Gasteiger partial charge in [0.2, 0.25) is 11.8 Å². The summed E-state index contributed by atoms with van der Waals surface area (Å²) < 4.78 is 28.4. The molecule has 0 bridgehead atoms. The van der Waals surface area contributed by atoms with Crippen LogP contribution in [0.15, 0.2) is 59.0 Å². The summed E-state index contributed by atoms with van der Waals surface area (Å²) in [7, 11) is -3.89. The third kappa shape index (κ3) is 10.3. The second-order valence-corrected chi connectivity index (χ2v) is 13.9. The van der Waals surface area contributed by atoms with Crippen molar-refractivity contribution in [2.45, 2.75) is 63.6 Å². The molecule has 0 aliphatic heterocycles. The Labute approximate surface area is 277 Å². The topological polar surface area (TPSA) is 205 Å². The van der Waals surface area contributed by atoms with E-state index in [-0.39, 0.29) is 18.9 Å². The molecule has 2 aromatic carbocycles. The first-order valence-electron chi connectivity index (χ1n) is 14.9. The molecule has 1 aliphatic carbocycles. The predicted molar refractivity (Wildman–Crippen MR) is 173 cm³/mol. The van der Waals surface area contributed by atoms with Crippen LogP contribution >= 0.6 is 11.6 Å². The number of carbonyl (C=O) groups is 5. The minimum atomic E-state index is -3.89. The Morgan fingerprint density at radius 2 is 1.49 bits per heavy atom. The molecule has 2 unspecified atom stereocenters. The van der Waals surface area contributed by atoms with Crippen molar-refractivity contribution < 1.29 is 47.3 Å². The second kappa shape index (κ2) is 16.4. The number of carbonyl (C=O) groups excluding carboxylic acids is 3. The lowest BCUT2D eigenvalue weighted by atomic mass is 9.97. The molecule has 0 heterocycles. The van der Waals surface area contributed by atoms with Gasteiger partial charge in [-0.25, -0.2) is 13.2 Å². The Morgan fingerprint density at radius 3 is 2.00 bits per heavy atom. The first-order valence-corrected chi connectivity index (χ1v) is 17.1. The maximum atomic E-state index is 13.4. The van der Waals surface area contributed by atoms with Crippen LogP contribution in [-0.2, 0) is 33.8 Å². The van der Waals surface area contributed by atoms with Crippen molar-refractivity contribution in [1.82, 2.24) is 16.0 Å². The number of aliphatic carboxylic acids is 2. The van der Waals surface area contributed by atoms with E-state index in [9.17, 15) is 42.6 Å². The molecule has 4 atom stereocenters. The SMILES string of the molecule is CCC(C)C(NC(=O)[C@H](CCC(=O)O)NC(=O)OCC1c2ccccc2-c2ccccc21)C(=O)N[C@H](/C=C(\Cl)S(C)(=O)=O)CC(=O)O. The second-order valence-electron chi connectivity index (χ2n) is 11.3. The van der Waals surface area contributed by atoms with Gasteiger partial charge in [-0.2, -0.15) is 0 Å². The van der Waals surface area contributed by atoms with E-state index in [4.69, 9.17) is 16.3 Å². The van der Waals surface area contributed by atoms with E-state index in [2.05, 4.69) is 16.0 Å². The Hall–Kier alpha value is -4.43.